The van der Waals surface area contributed by atoms with Crippen LogP contribution in [0.1, 0.15) is 39.8 Å². The van der Waals surface area contributed by atoms with E-state index in [-0.39, 0.29) is 0 Å². The lowest BCUT2D eigenvalue weighted by Crippen LogP contribution is -2.21. The molecule has 1 saturated heterocycles. The Morgan fingerprint density at radius 3 is 3.12 bits per heavy atom. The SMILES string of the molecule is Cc1c(C2CCOCCN2)sc2c1CCC2. The van der Waals surface area contributed by atoms with Crippen molar-refractivity contribution >= 4 is 11.3 Å². The molecule has 88 valence electrons. The predicted molar refractivity (Wildman–Crippen MR) is 67.3 cm³/mol. The van der Waals surface area contributed by atoms with Crippen molar-refractivity contribution in [2.45, 2.75) is 38.6 Å². The van der Waals surface area contributed by atoms with E-state index in [1.165, 1.54) is 19.3 Å². The first-order valence-electron chi connectivity index (χ1n) is 6.28. The number of hydrogen-bond donors (Lipinski definition) is 1. The van der Waals surface area contributed by atoms with Crippen LogP contribution >= 0.6 is 11.3 Å². The number of thiophene rings is 1. The van der Waals surface area contributed by atoms with Gasteiger partial charge in [-0.25, -0.2) is 0 Å². The Bertz CT molecular complexity index is 378. The fourth-order valence-electron chi connectivity index (χ4n) is 2.85. The van der Waals surface area contributed by atoms with Crippen molar-refractivity contribution < 1.29 is 4.74 Å². The topological polar surface area (TPSA) is 21.3 Å². The lowest BCUT2D eigenvalue weighted by molar-refractivity contribution is 0.150. The number of aryl methyl sites for hydroxylation is 1. The first-order chi connectivity index (χ1) is 7.86. The van der Waals surface area contributed by atoms with Crippen LogP contribution in [0.15, 0.2) is 0 Å². The molecule has 0 amide bonds. The molecular weight excluding hydrogens is 218 g/mol. The molecule has 1 aromatic rings. The average molecular weight is 237 g/mol. The maximum atomic E-state index is 5.51. The van der Waals surface area contributed by atoms with E-state index in [1.807, 2.05) is 11.3 Å². The highest BCUT2D eigenvalue weighted by Gasteiger charge is 2.24. The van der Waals surface area contributed by atoms with Gasteiger partial charge in [0.05, 0.1) is 6.61 Å². The van der Waals surface area contributed by atoms with Crippen LogP contribution in [-0.2, 0) is 17.6 Å². The molecule has 1 fully saturated rings. The van der Waals surface area contributed by atoms with Crippen LogP contribution in [0.3, 0.4) is 0 Å². The lowest BCUT2D eigenvalue weighted by Gasteiger charge is -2.14. The second kappa shape index (κ2) is 4.47. The molecule has 16 heavy (non-hydrogen) atoms. The van der Waals surface area contributed by atoms with Crippen molar-refractivity contribution in [2.75, 3.05) is 19.8 Å². The van der Waals surface area contributed by atoms with E-state index in [9.17, 15) is 0 Å². The van der Waals surface area contributed by atoms with Gasteiger partial charge in [-0.05, 0) is 43.7 Å². The Morgan fingerprint density at radius 2 is 2.25 bits per heavy atom. The minimum Gasteiger partial charge on any atom is -0.380 e. The Morgan fingerprint density at radius 1 is 1.31 bits per heavy atom. The van der Waals surface area contributed by atoms with Gasteiger partial charge in [-0.3, -0.25) is 0 Å². The number of nitrogens with one attached hydrogen (secondary N) is 1. The summed E-state index contributed by atoms with van der Waals surface area (Å²) in [6, 6.07) is 0.540. The Balaban J connectivity index is 1.88. The highest BCUT2D eigenvalue weighted by atomic mass is 32.1. The second-order valence-electron chi connectivity index (χ2n) is 4.75. The molecule has 1 aliphatic carbocycles. The summed E-state index contributed by atoms with van der Waals surface area (Å²) in [5, 5.41) is 3.61. The summed E-state index contributed by atoms with van der Waals surface area (Å²) in [7, 11) is 0. The molecule has 1 atom stereocenters. The van der Waals surface area contributed by atoms with Gasteiger partial charge in [0.2, 0.25) is 0 Å². The summed E-state index contributed by atoms with van der Waals surface area (Å²) in [6.07, 6.45) is 5.11. The van der Waals surface area contributed by atoms with Crippen molar-refractivity contribution in [3.8, 4) is 0 Å². The lowest BCUT2D eigenvalue weighted by atomic mass is 10.0. The summed E-state index contributed by atoms with van der Waals surface area (Å²) in [4.78, 5) is 3.23. The van der Waals surface area contributed by atoms with Gasteiger partial charge < -0.3 is 10.1 Å². The first kappa shape index (κ1) is 10.8. The molecule has 3 heteroatoms. The molecule has 0 saturated carbocycles. The van der Waals surface area contributed by atoms with Gasteiger partial charge in [-0.15, -0.1) is 11.3 Å². The average Bonchev–Trinajstić information content (AvgIpc) is 2.74. The molecule has 0 aromatic carbocycles. The third-order valence-corrected chi connectivity index (χ3v) is 5.23. The van der Waals surface area contributed by atoms with E-state index < -0.39 is 0 Å². The van der Waals surface area contributed by atoms with Crippen LogP contribution in [0.2, 0.25) is 0 Å². The van der Waals surface area contributed by atoms with Gasteiger partial charge in [-0.1, -0.05) is 0 Å². The molecule has 3 rings (SSSR count). The van der Waals surface area contributed by atoms with Crippen molar-refractivity contribution in [1.82, 2.24) is 5.32 Å². The molecule has 2 heterocycles. The number of rotatable bonds is 1. The predicted octanol–water partition coefficient (Wildman–Crippen LogP) is 2.60. The summed E-state index contributed by atoms with van der Waals surface area (Å²) >= 11 is 2.05. The molecule has 1 unspecified atom stereocenters. The van der Waals surface area contributed by atoms with Crippen molar-refractivity contribution in [2.24, 2.45) is 0 Å². The third-order valence-electron chi connectivity index (χ3n) is 3.73. The summed E-state index contributed by atoms with van der Waals surface area (Å²) in [5.74, 6) is 0. The molecular formula is C13H19NOS. The van der Waals surface area contributed by atoms with Crippen LogP contribution in [0, 0.1) is 6.92 Å². The summed E-state index contributed by atoms with van der Waals surface area (Å²) in [5.41, 5.74) is 3.23. The summed E-state index contributed by atoms with van der Waals surface area (Å²) in [6.45, 7) is 5.07. The molecule has 2 nitrogen and oxygen atoms in total. The zero-order valence-electron chi connectivity index (χ0n) is 9.84. The molecule has 0 radical (unpaired) electrons. The van der Waals surface area contributed by atoms with Gasteiger partial charge >= 0.3 is 0 Å². The minimum absolute atomic E-state index is 0.540. The van der Waals surface area contributed by atoms with Crippen LogP contribution < -0.4 is 5.32 Å². The van der Waals surface area contributed by atoms with E-state index in [1.54, 1.807) is 20.9 Å². The van der Waals surface area contributed by atoms with Crippen LogP contribution in [0.4, 0.5) is 0 Å². The minimum atomic E-state index is 0.540. The highest BCUT2D eigenvalue weighted by molar-refractivity contribution is 7.12. The van der Waals surface area contributed by atoms with E-state index in [0.717, 1.165) is 26.2 Å². The van der Waals surface area contributed by atoms with Gasteiger partial charge in [0, 0.05) is 28.9 Å². The quantitative estimate of drug-likeness (QED) is 0.810. The Labute approximate surface area is 101 Å². The Kier molecular flexibility index (Phi) is 3.01. The van der Waals surface area contributed by atoms with Gasteiger partial charge in [0.15, 0.2) is 0 Å². The fraction of sp³-hybridized carbons (Fsp3) is 0.692. The maximum absolute atomic E-state index is 5.51. The van der Waals surface area contributed by atoms with Crippen molar-refractivity contribution in [1.29, 1.82) is 0 Å². The maximum Gasteiger partial charge on any atom is 0.0591 e. The van der Waals surface area contributed by atoms with E-state index in [0.29, 0.717) is 6.04 Å². The van der Waals surface area contributed by atoms with Gasteiger partial charge in [-0.2, -0.15) is 0 Å². The van der Waals surface area contributed by atoms with Gasteiger partial charge in [0.25, 0.3) is 0 Å². The van der Waals surface area contributed by atoms with Crippen LogP contribution in [0.5, 0.6) is 0 Å². The molecule has 1 N–H and O–H groups in total. The van der Waals surface area contributed by atoms with E-state index >= 15 is 0 Å². The monoisotopic (exact) mass is 237 g/mol. The van der Waals surface area contributed by atoms with Gasteiger partial charge in [0.1, 0.15) is 0 Å². The second-order valence-corrected chi connectivity index (χ2v) is 5.89. The standard InChI is InChI=1S/C13H19NOS/c1-9-10-3-2-4-12(10)16-13(9)11-5-7-15-8-6-14-11/h11,14H,2-8H2,1H3. The first-order valence-corrected chi connectivity index (χ1v) is 7.10. The largest absolute Gasteiger partial charge is 0.380 e. The van der Waals surface area contributed by atoms with E-state index in [4.69, 9.17) is 4.74 Å². The smallest absolute Gasteiger partial charge is 0.0591 e. The fourth-order valence-corrected chi connectivity index (χ4v) is 4.36. The third kappa shape index (κ3) is 1.81. The molecule has 2 aliphatic rings. The molecule has 0 spiro atoms. The zero-order valence-corrected chi connectivity index (χ0v) is 10.7. The number of fused-ring (bicyclic) bond motifs is 1. The number of ether oxygens (including phenoxy) is 1. The van der Waals surface area contributed by atoms with Crippen molar-refractivity contribution in [3.63, 3.8) is 0 Å². The van der Waals surface area contributed by atoms with E-state index in [2.05, 4.69) is 12.2 Å². The zero-order chi connectivity index (χ0) is 11.0. The molecule has 1 aromatic heterocycles. The normalized spacial score (nSPS) is 25.4. The molecule has 0 bridgehead atoms. The van der Waals surface area contributed by atoms with Crippen LogP contribution in [0.25, 0.3) is 0 Å². The molecule has 1 aliphatic heterocycles. The highest BCUT2D eigenvalue weighted by Crippen LogP contribution is 2.39. The number of hydrogen-bond acceptors (Lipinski definition) is 3. The van der Waals surface area contributed by atoms with Crippen molar-refractivity contribution in [3.05, 3.63) is 20.9 Å². The Hall–Kier alpha value is -0.380. The van der Waals surface area contributed by atoms with Crippen LogP contribution in [-0.4, -0.2) is 19.8 Å². The summed E-state index contributed by atoms with van der Waals surface area (Å²) < 4.78 is 5.51.